The summed E-state index contributed by atoms with van der Waals surface area (Å²) in [7, 11) is 1.81. The average Bonchev–Trinajstić information content (AvgIpc) is 2.63. The number of benzene rings is 1. The van der Waals surface area contributed by atoms with Crippen molar-refractivity contribution in [2.45, 2.75) is 44.9 Å². The summed E-state index contributed by atoms with van der Waals surface area (Å²) in [4.78, 5) is 16.3. The van der Waals surface area contributed by atoms with E-state index in [-0.39, 0.29) is 11.8 Å². The third-order valence-electron chi connectivity index (χ3n) is 5.54. The normalized spacial score (nSPS) is 26.6. The van der Waals surface area contributed by atoms with Gasteiger partial charge in [0.1, 0.15) is 0 Å². The van der Waals surface area contributed by atoms with Gasteiger partial charge in [-0.2, -0.15) is 0 Å². The smallest absolute Gasteiger partial charge is 0.225 e. The zero-order chi connectivity index (χ0) is 17.6. The lowest BCUT2D eigenvalue weighted by molar-refractivity contribution is -0.116. The third-order valence-corrected chi connectivity index (χ3v) is 5.54. The summed E-state index contributed by atoms with van der Waals surface area (Å²) in [5.74, 6) is 2.73. The standard InChI is InChI=1S/C20H30N4O/c1-14-7-9-15(10-8-14)12-22-20(21-2)23-13-16-11-19(25)24-18-6-4-3-5-17(16)18/h3-6,14-16H,7-13H2,1-2H3,(H,24,25)(H2,21,22,23). The molecule has 1 heterocycles. The van der Waals surface area contributed by atoms with Gasteiger partial charge in [-0.1, -0.05) is 38.0 Å². The van der Waals surface area contributed by atoms with Gasteiger partial charge in [0.2, 0.25) is 5.91 Å². The Morgan fingerprint density at radius 1 is 1.16 bits per heavy atom. The van der Waals surface area contributed by atoms with Crippen LogP contribution in [0.4, 0.5) is 5.69 Å². The monoisotopic (exact) mass is 342 g/mol. The Kier molecular flexibility index (Phi) is 5.95. The first-order valence-electron chi connectivity index (χ1n) is 9.49. The van der Waals surface area contributed by atoms with Crippen LogP contribution in [0.1, 0.15) is 50.5 Å². The molecule has 1 unspecified atom stereocenters. The number of anilines is 1. The number of hydrogen-bond donors (Lipinski definition) is 3. The van der Waals surface area contributed by atoms with E-state index in [2.05, 4.69) is 33.9 Å². The molecule has 0 saturated heterocycles. The maximum absolute atomic E-state index is 11.9. The van der Waals surface area contributed by atoms with Crippen molar-refractivity contribution in [3.63, 3.8) is 0 Å². The number of carbonyl (C=O) groups excluding carboxylic acids is 1. The predicted molar refractivity (Wildman–Crippen MR) is 103 cm³/mol. The van der Waals surface area contributed by atoms with Crippen molar-refractivity contribution in [2.24, 2.45) is 16.8 Å². The summed E-state index contributed by atoms with van der Waals surface area (Å²) in [5, 5.41) is 9.83. The van der Waals surface area contributed by atoms with Crippen LogP contribution < -0.4 is 16.0 Å². The first kappa shape index (κ1) is 17.8. The molecule has 0 aromatic heterocycles. The van der Waals surface area contributed by atoms with Crippen molar-refractivity contribution in [1.29, 1.82) is 0 Å². The number of carbonyl (C=O) groups is 1. The largest absolute Gasteiger partial charge is 0.356 e. The summed E-state index contributed by atoms with van der Waals surface area (Å²) < 4.78 is 0. The molecule has 3 rings (SSSR count). The number of guanidine groups is 1. The average molecular weight is 342 g/mol. The van der Waals surface area contributed by atoms with Gasteiger partial charge in [0.05, 0.1) is 0 Å². The van der Waals surface area contributed by atoms with Crippen LogP contribution >= 0.6 is 0 Å². The van der Waals surface area contributed by atoms with Crippen molar-refractivity contribution < 1.29 is 4.79 Å². The van der Waals surface area contributed by atoms with Crippen LogP contribution in [-0.4, -0.2) is 32.0 Å². The molecular formula is C20H30N4O. The van der Waals surface area contributed by atoms with E-state index in [1.807, 2.05) is 18.2 Å². The molecule has 1 fully saturated rings. The Hall–Kier alpha value is -2.04. The maximum atomic E-state index is 11.9. The van der Waals surface area contributed by atoms with Gasteiger partial charge < -0.3 is 16.0 Å². The lowest BCUT2D eigenvalue weighted by Crippen LogP contribution is -2.42. The van der Waals surface area contributed by atoms with E-state index in [1.165, 1.54) is 31.2 Å². The molecule has 1 aromatic carbocycles. The minimum absolute atomic E-state index is 0.0878. The molecule has 0 spiro atoms. The number of nitrogens with zero attached hydrogens (tertiary/aromatic N) is 1. The van der Waals surface area contributed by atoms with E-state index >= 15 is 0 Å². The number of amides is 1. The molecule has 0 bridgehead atoms. The van der Waals surface area contributed by atoms with E-state index in [1.54, 1.807) is 7.05 Å². The molecule has 0 radical (unpaired) electrons. The second-order valence-corrected chi connectivity index (χ2v) is 7.50. The summed E-state index contributed by atoms with van der Waals surface area (Å²) in [5.41, 5.74) is 2.14. The van der Waals surface area contributed by atoms with Gasteiger partial charge >= 0.3 is 0 Å². The number of para-hydroxylation sites is 1. The van der Waals surface area contributed by atoms with Crippen molar-refractivity contribution in [3.8, 4) is 0 Å². The van der Waals surface area contributed by atoms with E-state index < -0.39 is 0 Å². The van der Waals surface area contributed by atoms with Crippen LogP contribution in [0.3, 0.4) is 0 Å². The van der Waals surface area contributed by atoms with Gasteiger partial charge in [0.15, 0.2) is 5.96 Å². The number of nitrogens with one attached hydrogen (secondary N) is 3. The lowest BCUT2D eigenvalue weighted by Gasteiger charge is -2.28. The van der Waals surface area contributed by atoms with Crippen LogP contribution in [-0.2, 0) is 4.79 Å². The number of fused-ring (bicyclic) bond motifs is 1. The Morgan fingerprint density at radius 3 is 2.64 bits per heavy atom. The van der Waals surface area contributed by atoms with E-state index in [0.29, 0.717) is 13.0 Å². The SMILES string of the molecule is CN=C(NCC1CCC(C)CC1)NCC1CC(=O)Nc2ccccc21. The van der Waals surface area contributed by atoms with Crippen LogP contribution in [0.25, 0.3) is 0 Å². The Bertz CT molecular complexity index is 620. The zero-order valence-electron chi connectivity index (χ0n) is 15.3. The molecule has 5 nitrogen and oxygen atoms in total. The molecule has 136 valence electrons. The zero-order valence-corrected chi connectivity index (χ0v) is 15.3. The molecule has 1 saturated carbocycles. The van der Waals surface area contributed by atoms with Gasteiger partial charge in [-0.15, -0.1) is 0 Å². The summed E-state index contributed by atoms with van der Waals surface area (Å²) in [6.07, 6.45) is 5.81. The van der Waals surface area contributed by atoms with Crippen molar-refractivity contribution in [1.82, 2.24) is 10.6 Å². The molecule has 2 aliphatic rings. The molecular weight excluding hydrogens is 312 g/mol. The fourth-order valence-electron chi connectivity index (χ4n) is 3.90. The molecule has 1 atom stereocenters. The van der Waals surface area contributed by atoms with E-state index in [4.69, 9.17) is 0 Å². The molecule has 1 aromatic rings. The van der Waals surface area contributed by atoms with Gasteiger partial charge in [-0.25, -0.2) is 0 Å². The van der Waals surface area contributed by atoms with Crippen molar-refractivity contribution in [2.75, 3.05) is 25.5 Å². The first-order valence-corrected chi connectivity index (χ1v) is 9.49. The van der Waals surface area contributed by atoms with Gasteiger partial charge in [0.25, 0.3) is 0 Å². The van der Waals surface area contributed by atoms with Crippen LogP contribution in [0.2, 0.25) is 0 Å². The van der Waals surface area contributed by atoms with Gasteiger partial charge in [-0.05, 0) is 36.3 Å². The predicted octanol–water partition coefficient (Wildman–Crippen LogP) is 3.10. The van der Waals surface area contributed by atoms with Crippen LogP contribution in [0.15, 0.2) is 29.3 Å². The fourth-order valence-corrected chi connectivity index (χ4v) is 3.90. The van der Waals surface area contributed by atoms with Crippen molar-refractivity contribution in [3.05, 3.63) is 29.8 Å². The highest BCUT2D eigenvalue weighted by Gasteiger charge is 2.25. The summed E-state index contributed by atoms with van der Waals surface area (Å²) in [6.45, 7) is 4.04. The Labute approximate surface area is 150 Å². The Balaban J connectivity index is 1.51. The molecule has 25 heavy (non-hydrogen) atoms. The van der Waals surface area contributed by atoms with Crippen LogP contribution in [0, 0.1) is 11.8 Å². The quantitative estimate of drug-likeness (QED) is 0.582. The lowest BCUT2D eigenvalue weighted by atomic mass is 9.83. The first-order chi connectivity index (χ1) is 12.2. The van der Waals surface area contributed by atoms with Crippen molar-refractivity contribution >= 4 is 17.6 Å². The maximum Gasteiger partial charge on any atom is 0.225 e. The summed E-state index contributed by atoms with van der Waals surface area (Å²) in [6, 6.07) is 8.05. The highest BCUT2D eigenvalue weighted by molar-refractivity contribution is 5.94. The number of aliphatic imine (C=N–C) groups is 1. The van der Waals surface area contributed by atoms with E-state index in [9.17, 15) is 4.79 Å². The van der Waals surface area contributed by atoms with Gasteiger partial charge in [-0.3, -0.25) is 9.79 Å². The second-order valence-electron chi connectivity index (χ2n) is 7.50. The second kappa shape index (κ2) is 8.37. The minimum atomic E-state index is 0.0878. The summed E-state index contributed by atoms with van der Waals surface area (Å²) >= 11 is 0. The van der Waals surface area contributed by atoms with Gasteiger partial charge in [0, 0.05) is 38.2 Å². The Morgan fingerprint density at radius 2 is 1.88 bits per heavy atom. The molecule has 3 N–H and O–H groups in total. The fraction of sp³-hybridized carbons (Fsp3) is 0.600. The van der Waals surface area contributed by atoms with Crippen LogP contribution in [0.5, 0.6) is 0 Å². The topological polar surface area (TPSA) is 65.5 Å². The minimum Gasteiger partial charge on any atom is -0.356 e. The third kappa shape index (κ3) is 4.74. The molecule has 1 amide bonds. The molecule has 1 aliphatic carbocycles. The molecule has 1 aliphatic heterocycles. The highest BCUT2D eigenvalue weighted by Crippen LogP contribution is 2.31. The number of hydrogen-bond acceptors (Lipinski definition) is 2. The highest BCUT2D eigenvalue weighted by atomic mass is 16.1. The number of rotatable bonds is 4. The molecule has 5 heteroatoms. The van der Waals surface area contributed by atoms with E-state index in [0.717, 1.165) is 30.0 Å².